The lowest BCUT2D eigenvalue weighted by molar-refractivity contribution is -0.123. The fourth-order valence-corrected chi connectivity index (χ4v) is 2.30. The van der Waals surface area contributed by atoms with Gasteiger partial charge in [-0.1, -0.05) is 23.7 Å². The molecule has 5 nitrogen and oxygen atoms in total. The quantitative estimate of drug-likeness (QED) is 0.755. The van der Waals surface area contributed by atoms with Crippen molar-refractivity contribution in [2.24, 2.45) is 0 Å². The first-order valence-electron chi connectivity index (χ1n) is 7.21. The summed E-state index contributed by atoms with van der Waals surface area (Å²) in [6, 6.07) is 13.0. The van der Waals surface area contributed by atoms with E-state index in [4.69, 9.17) is 16.3 Å². The second-order valence-electron chi connectivity index (χ2n) is 5.18. The molecule has 0 bridgehead atoms. The second-order valence-corrected chi connectivity index (χ2v) is 5.58. The Kier molecular flexibility index (Phi) is 4.48. The molecule has 2 aromatic carbocycles. The number of ether oxygens (including phenoxy) is 1. The summed E-state index contributed by atoms with van der Waals surface area (Å²) in [6.07, 6.45) is 0. The number of amides is 1. The third kappa shape index (κ3) is 3.81. The highest BCUT2D eigenvalue weighted by Crippen LogP contribution is 2.20. The molecule has 0 atom stereocenters. The molecular weight excluding hydrogens is 314 g/mol. The van der Waals surface area contributed by atoms with E-state index in [1.54, 1.807) is 18.2 Å². The van der Waals surface area contributed by atoms with E-state index in [1.807, 2.05) is 31.2 Å². The number of aromatic amines is 1. The Morgan fingerprint density at radius 1 is 1.30 bits per heavy atom. The molecule has 0 aliphatic heterocycles. The van der Waals surface area contributed by atoms with Gasteiger partial charge in [-0.05, 0) is 42.8 Å². The van der Waals surface area contributed by atoms with Gasteiger partial charge in [-0.2, -0.15) is 0 Å². The summed E-state index contributed by atoms with van der Waals surface area (Å²) in [6.45, 7) is 2.16. The number of H-pyrrole nitrogens is 1. The van der Waals surface area contributed by atoms with Crippen molar-refractivity contribution in [3.05, 3.63) is 58.9 Å². The number of benzene rings is 2. The fourth-order valence-electron chi connectivity index (χ4n) is 2.18. The highest BCUT2D eigenvalue weighted by molar-refractivity contribution is 6.31. The van der Waals surface area contributed by atoms with Crippen LogP contribution in [0.25, 0.3) is 11.0 Å². The predicted molar refractivity (Wildman–Crippen MR) is 89.6 cm³/mol. The fraction of sp³-hybridized carbons (Fsp3) is 0.176. The molecular formula is C17H16ClN3O2. The number of halogens is 1. The van der Waals surface area contributed by atoms with Gasteiger partial charge in [0.2, 0.25) is 0 Å². The van der Waals surface area contributed by atoms with Crippen LogP contribution in [0, 0.1) is 6.92 Å². The molecule has 118 valence electrons. The number of hydrogen-bond acceptors (Lipinski definition) is 3. The van der Waals surface area contributed by atoms with Gasteiger partial charge in [0.15, 0.2) is 6.61 Å². The number of nitrogens with zero attached hydrogens (tertiary/aromatic N) is 1. The van der Waals surface area contributed by atoms with Crippen molar-refractivity contribution in [1.29, 1.82) is 0 Å². The van der Waals surface area contributed by atoms with E-state index in [1.165, 1.54) is 0 Å². The van der Waals surface area contributed by atoms with Crippen molar-refractivity contribution in [1.82, 2.24) is 15.3 Å². The standard InChI is InChI=1S/C17H16ClN3O2/c1-11-8-12(6-7-13(11)18)23-10-17(22)19-9-16-20-14-4-2-3-5-15(14)21-16/h2-8H,9-10H2,1H3,(H,19,22)(H,20,21). The third-order valence-electron chi connectivity index (χ3n) is 3.39. The van der Waals surface area contributed by atoms with Gasteiger partial charge in [-0.15, -0.1) is 0 Å². The average molecular weight is 330 g/mol. The van der Waals surface area contributed by atoms with E-state index in [0.717, 1.165) is 16.6 Å². The van der Waals surface area contributed by atoms with Crippen molar-refractivity contribution in [2.45, 2.75) is 13.5 Å². The number of imidazole rings is 1. The lowest BCUT2D eigenvalue weighted by Crippen LogP contribution is -2.28. The molecule has 0 saturated heterocycles. The number of nitrogens with one attached hydrogen (secondary N) is 2. The molecule has 2 N–H and O–H groups in total. The van der Waals surface area contributed by atoms with Gasteiger partial charge in [0.25, 0.3) is 5.91 Å². The van der Waals surface area contributed by atoms with Crippen LogP contribution in [0.2, 0.25) is 5.02 Å². The van der Waals surface area contributed by atoms with Crippen LogP contribution in [-0.2, 0) is 11.3 Å². The lowest BCUT2D eigenvalue weighted by atomic mass is 10.2. The van der Waals surface area contributed by atoms with Crippen LogP contribution in [0.3, 0.4) is 0 Å². The zero-order valence-corrected chi connectivity index (χ0v) is 13.4. The summed E-state index contributed by atoms with van der Waals surface area (Å²) >= 11 is 5.95. The van der Waals surface area contributed by atoms with Crippen LogP contribution in [0.5, 0.6) is 5.75 Å². The van der Waals surface area contributed by atoms with Crippen LogP contribution < -0.4 is 10.1 Å². The number of carbonyl (C=O) groups excluding carboxylic acids is 1. The molecule has 3 rings (SSSR count). The maximum atomic E-state index is 11.9. The molecule has 0 saturated carbocycles. The van der Waals surface area contributed by atoms with Crippen molar-refractivity contribution in [3.63, 3.8) is 0 Å². The van der Waals surface area contributed by atoms with Gasteiger partial charge in [0, 0.05) is 5.02 Å². The van der Waals surface area contributed by atoms with Gasteiger partial charge in [-0.25, -0.2) is 4.98 Å². The number of fused-ring (bicyclic) bond motifs is 1. The van der Waals surface area contributed by atoms with Crippen LogP contribution in [0.15, 0.2) is 42.5 Å². The number of para-hydroxylation sites is 2. The van der Waals surface area contributed by atoms with E-state index in [-0.39, 0.29) is 12.5 Å². The zero-order chi connectivity index (χ0) is 16.2. The number of aromatic nitrogens is 2. The SMILES string of the molecule is Cc1cc(OCC(=O)NCc2nc3ccccc3[nH]2)ccc1Cl. The highest BCUT2D eigenvalue weighted by Gasteiger charge is 2.06. The van der Waals surface area contributed by atoms with Crippen LogP contribution in [0.1, 0.15) is 11.4 Å². The number of hydrogen-bond donors (Lipinski definition) is 2. The molecule has 1 heterocycles. The van der Waals surface area contributed by atoms with Gasteiger partial charge < -0.3 is 15.0 Å². The largest absolute Gasteiger partial charge is 0.484 e. The van der Waals surface area contributed by atoms with E-state index < -0.39 is 0 Å². The Labute approximate surface area is 138 Å². The third-order valence-corrected chi connectivity index (χ3v) is 3.81. The van der Waals surface area contributed by atoms with E-state index in [2.05, 4.69) is 15.3 Å². The minimum absolute atomic E-state index is 0.0543. The maximum Gasteiger partial charge on any atom is 0.258 e. The minimum atomic E-state index is -0.210. The molecule has 0 aliphatic rings. The first kappa shape index (κ1) is 15.4. The molecule has 3 aromatic rings. The summed E-state index contributed by atoms with van der Waals surface area (Å²) < 4.78 is 5.45. The Hall–Kier alpha value is -2.53. The molecule has 0 fully saturated rings. The van der Waals surface area contributed by atoms with Crippen LogP contribution in [0.4, 0.5) is 0 Å². The van der Waals surface area contributed by atoms with Gasteiger partial charge in [0.05, 0.1) is 17.6 Å². The average Bonchev–Trinajstić information content (AvgIpc) is 2.97. The van der Waals surface area contributed by atoms with Crippen molar-refractivity contribution < 1.29 is 9.53 Å². The molecule has 0 radical (unpaired) electrons. The topological polar surface area (TPSA) is 67.0 Å². The Morgan fingerprint density at radius 2 is 2.13 bits per heavy atom. The Morgan fingerprint density at radius 3 is 2.91 bits per heavy atom. The molecule has 1 amide bonds. The summed E-state index contributed by atoms with van der Waals surface area (Å²) in [7, 11) is 0. The number of rotatable bonds is 5. The van der Waals surface area contributed by atoms with Crippen LogP contribution in [-0.4, -0.2) is 22.5 Å². The molecule has 0 aliphatic carbocycles. The Balaban J connectivity index is 1.52. The molecule has 23 heavy (non-hydrogen) atoms. The predicted octanol–water partition coefficient (Wildman–Crippen LogP) is 3.22. The van der Waals surface area contributed by atoms with E-state index in [0.29, 0.717) is 23.1 Å². The van der Waals surface area contributed by atoms with E-state index >= 15 is 0 Å². The van der Waals surface area contributed by atoms with Gasteiger partial charge in [-0.3, -0.25) is 4.79 Å². The first-order chi connectivity index (χ1) is 11.1. The van der Waals surface area contributed by atoms with Crippen molar-refractivity contribution >= 4 is 28.5 Å². The number of aryl methyl sites for hydroxylation is 1. The summed E-state index contributed by atoms with van der Waals surface area (Å²) in [5.74, 6) is 1.12. The normalized spacial score (nSPS) is 10.7. The minimum Gasteiger partial charge on any atom is -0.484 e. The monoisotopic (exact) mass is 329 g/mol. The van der Waals surface area contributed by atoms with Crippen LogP contribution >= 0.6 is 11.6 Å². The summed E-state index contributed by atoms with van der Waals surface area (Å²) in [5.41, 5.74) is 2.74. The summed E-state index contributed by atoms with van der Waals surface area (Å²) in [4.78, 5) is 19.4. The highest BCUT2D eigenvalue weighted by atomic mass is 35.5. The second kappa shape index (κ2) is 6.71. The molecule has 6 heteroatoms. The smallest absolute Gasteiger partial charge is 0.258 e. The molecule has 0 unspecified atom stereocenters. The van der Waals surface area contributed by atoms with Crippen molar-refractivity contribution in [2.75, 3.05) is 6.61 Å². The zero-order valence-electron chi connectivity index (χ0n) is 12.6. The van der Waals surface area contributed by atoms with E-state index in [9.17, 15) is 4.79 Å². The number of carbonyl (C=O) groups is 1. The Bertz CT molecular complexity index is 812. The first-order valence-corrected chi connectivity index (χ1v) is 7.59. The molecule has 0 spiro atoms. The van der Waals surface area contributed by atoms with Gasteiger partial charge >= 0.3 is 0 Å². The maximum absolute atomic E-state index is 11.9. The van der Waals surface area contributed by atoms with Crippen molar-refractivity contribution in [3.8, 4) is 5.75 Å². The van der Waals surface area contributed by atoms with Gasteiger partial charge in [0.1, 0.15) is 11.6 Å². The molecule has 1 aromatic heterocycles. The summed E-state index contributed by atoms with van der Waals surface area (Å²) in [5, 5.41) is 3.45. The lowest BCUT2D eigenvalue weighted by Gasteiger charge is -2.08.